The summed E-state index contributed by atoms with van der Waals surface area (Å²) < 4.78 is 43.3. The highest BCUT2D eigenvalue weighted by Crippen LogP contribution is 2.35. The monoisotopic (exact) mass is 539 g/mol. The number of aromatic nitrogens is 4. The Hall–Kier alpha value is -4.23. The number of rotatable bonds is 5. The van der Waals surface area contributed by atoms with Gasteiger partial charge in [0.05, 0.1) is 29.2 Å². The van der Waals surface area contributed by atoms with Crippen molar-refractivity contribution in [2.75, 3.05) is 49.6 Å². The van der Waals surface area contributed by atoms with E-state index < -0.39 is 17.8 Å². The summed E-state index contributed by atoms with van der Waals surface area (Å²) in [5.41, 5.74) is 7.18. The van der Waals surface area contributed by atoms with Gasteiger partial charge in [0, 0.05) is 56.4 Å². The van der Waals surface area contributed by atoms with Crippen molar-refractivity contribution >= 4 is 34.3 Å². The third-order valence-electron chi connectivity index (χ3n) is 6.71. The molecule has 3 heterocycles. The molecule has 0 bridgehead atoms. The van der Waals surface area contributed by atoms with E-state index in [0.717, 1.165) is 24.7 Å². The molecule has 1 aliphatic heterocycles. The molecule has 13 heteroatoms. The molecule has 1 aliphatic rings. The van der Waals surface area contributed by atoms with E-state index in [1.54, 1.807) is 24.0 Å². The number of halogens is 3. The Morgan fingerprint density at radius 2 is 1.77 bits per heavy atom. The smallest absolute Gasteiger partial charge is 0.382 e. The lowest BCUT2D eigenvalue weighted by Gasteiger charge is -2.33. The fourth-order valence-electron chi connectivity index (χ4n) is 4.57. The van der Waals surface area contributed by atoms with E-state index in [1.165, 1.54) is 18.3 Å². The van der Waals surface area contributed by atoms with Crippen LogP contribution in [0.4, 0.5) is 35.3 Å². The fraction of sp³-hybridized carbons (Fsp3) is 0.308. The molecule has 204 valence electrons. The fourth-order valence-corrected chi connectivity index (χ4v) is 4.57. The largest absolute Gasteiger partial charge is 0.416 e. The molecular formula is C26H28F3N9O. The third kappa shape index (κ3) is 5.94. The molecule has 0 saturated carbocycles. The first kappa shape index (κ1) is 26.4. The highest BCUT2D eigenvalue weighted by molar-refractivity contribution is 6.05. The van der Waals surface area contributed by atoms with Crippen LogP contribution in [-0.2, 0) is 19.8 Å². The van der Waals surface area contributed by atoms with Gasteiger partial charge < -0.3 is 16.0 Å². The first-order chi connectivity index (χ1) is 18.6. The highest BCUT2D eigenvalue weighted by atomic mass is 19.4. The molecule has 0 radical (unpaired) electrons. The Balaban J connectivity index is 1.32. The Kier molecular flexibility index (Phi) is 7.10. The lowest BCUT2D eigenvalue weighted by molar-refractivity contribution is -0.138. The zero-order valence-electron chi connectivity index (χ0n) is 21.5. The second-order valence-electron chi connectivity index (χ2n) is 9.56. The molecule has 0 atom stereocenters. The van der Waals surface area contributed by atoms with Crippen LogP contribution in [0.1, 0.15) is 11.1 Å². The van der Waals surface area contributed by atoms with E-state index in [4.69, 9.17) is 5.73 Å². The molecule has 10 nitrogen and oxygen atoms in total. The minimum atomic E-state index is -4.56. The van der Waals surface area contributed by atoms with Gasteiger partial charge in [-0.3, -0.25) is 19.9 Å². The topological polar surface area (TPSA) is 117 Å². The van der Waals surface area contributed by atoms with Gasteiger partial charge in [-0.1, -0.05) is 12.1 Å². The maximum atomic E-state index is 13.9. The van der Waals surface area contributed by atoms with Crippen LogP contribution in [0.2, 0.25) is 0 Å². The van der Waals surface area contributed by atoms with E-state index in [-0.39, 0.29) is 23.6 Å². The molecule has 1 saturated heterocycles. The summed E-state index contributed by atoms with van der Waals surface area (Å²) in [5.74, 6) is 0.576. The summed E-state index contributed by atoms with van der Waals surface area (Å²) in [5, 5.41) is 10.2. The van der Waals surface area contributed by atoms with Crippen LogP contribution in [0.5, 0.6) is 0 Å². The van der Waals surface area contributed by atoms with Gasteiger partial charge in [0.1, 0.15) is 5.82 Å². The number of fused-ring (bicyclic) bond motifs is 1. The number of hydrogen-bond acceptors (Lipinski definition) is 7. The van der Waals surface area contributed by atoms with Gasteiger partial charge >= 0.3 is 12.2 Å². The van der Waals surface area contributed by atoms with E-state index in [1.807, 2.05) is 24.1 Å². The molecule has 39 heavy (non-hydrogen) atoms. The van der Waals surface area contributed by atoms with Crippen LogP contribution in [0.15, 0.2) is 48.8 Å². The average Bonchev–Trinajstić information content (AvgIpc) is 3.20. The van der Waals surface area contributed by atoms with Gasteiger partial charge in [0.2, 0.25) is 0 Å². The predicted molar refractivity (Wildman–Crippen MR) is 143 cm³/mol. The van der Waals surface area contributed by atoms with Crippen LogP contribution in [0.25, 0.3) is 22.2 Å². The van der Waals surface area contributed by atoms with Crippen LogP contribution >= 0.6 is 0 Å². The number of nitrogens with two attached hydrogens (primary N) is 1. The first-order valence-electron chi connectivity index (χ1n) is 12.3. The maximum absolute atomic E-state index is 13.9. The van der Waals surface area contributed by atoms with Crippen molar-refractivity contribution in [1.82, 2.24) is 29.5 Å². The van der Waals surface area contributed by atoms with Gasteiger partial charge in [0.15, 0.2) is 5.82 Å². The summed E-state index contributed by atoms with van der Waals surface area (Å²) >= 11 is 0. The summed E-state index contributed by atoms with van der Waals surface area (Å²) in [4.78, 5) is 25.2. The molecule has 2 aromatic carbocycles. The number of alkyl halides is 3. The van der Waals surface area contributed by atoms with E-state index in [0.29, 0.717) is 35.5 Å². The van der Waals surface area contributed by atoms with Crippen molar-refractivity contribution in [2.24, 2.45) is 7.05 Å². The van der Waals surface area contributed by atoms with Crippen molar-refractivity contribution in [3.63, 3.8) is 0 Å². The number of benzene rings is 2. The predicted octanol–water partition coefficient (Wildman–Crippen LogP) is 4.02. The molecule has 0 spiro atoms. The Labute approximate surface area is 222 Å². The summed E-state index contributed by atoms with van der Waals surface area (Å²) in [7, 11) is 3.71. The lowest BCUT2D eigenvalue weighted by atomic mass is 10.0. The van der Waals surface area contributed by atoms with Crippen molar-refractivity contribution in [3.05, 3.63) is 59.9 Å². The van der Waals surface area contributed by atoms with Gasteiger partial charge in [-0.05, 0) is 36.9 Å². The molecule has 5 rings (SSSR count). The number of nitrogen functional groups attached to an aromatic ring is 1. The number of likely N-dealkylation sites (N-methyl/N-ethyl adjacent to an activating group) is 1. The molecular weight excluding hydrogens is 511 g/mol. The van der Waals surface area contributed by atoms with E-state index >= 15 is 0 Å². The average molecular weight is 540 g/mol. The van der Waals surface area contributed by atoms with Crippen LogP contribution in [0.3, 0.4) is 0 Å². The highest BCUT2D eigenvalue weighted by Gasteiger charge is 2.34. The molecule has 0 unspecified atom stereocenters. The van der Waals surface area contributed by atoms with Crippen molar-refractivity contribution in [2.45, 2.75) is 12.7 Å². The summed E-state index contributed by atoms with van der Waals surface area (Å²) in [6.45, 7) is 3.20. The Morgan fingerprint density at radius 1 is 1.00 bits per heavy atom. The number of carbonyl (C=O) groups is 1. The van der Waals surface area contributed by atoms with Crippen LogP contribution < -0.4 is 16.4 Å². The minimum absolute atomic E-state index is 0.0337. The van der Waals surface area contributed by atoms with E-state index in [9.17, 15) is 18.0 Å². The molecule has 2 amide bonds. The van der Waals surface area contributed by atoms with Crippen molar-refractivity contribution in [1.29, 1.82) is 0 Å². The van der Waals surface area contributed by atoms with Gasteiger partial charge in [-0.2, -0.15) is 18.3 Å². The molecule has 2 aromatic heterocycles. The zero-order valence-corrected chi connectivity index (χ0v) is 21.5. The number of nitrogens with zero attached hydrogens (tertiary/aromatic N) is 6. The molecule has 0 aliphatic carbocycles. The van der Waals surface area contributed by atoms with Gasteiger partial charge in [-0.25, -0.2) is 9.78 Å². The van der Waals surface area contributed by atoms with Crippen molar-refractivity contribution < 1.29 is 18.0 Å². The lowest BCUT2D eigenvalue weighted by Crippen LogP contribution is -2.44. The number of urea groups is 1. The summed E-state index contributed by atoms with van der Waals surface area (Å²) in [6.07, 6.45) is -1.53. The van der Waals surface area contributed by atoms with Gasteiger partial charge in [-0.15, -0.1) is 0 Å². The second kappa shape index (κ2) is 10.5. The standard InChI is InChI=1S/C26H28F3N9O/c1-36-7-9-38(10-8-36)15-17-3-5-18(12-20(17)26(27,28)29)33-25(39)34-24-19-6-4-16(11-22(19)37(2)35-24)21-13-32-23(30)14-31-21/h3-6,11-14H,7-10,15H2,1-2H3,(H2,30,32)(H2,33,34,35,39). The number of hydrogen-bond donors (Lipinski definition) is 3. The molecule has 1 fully saturated rings. The Bertz CT molecular complexity index is 1490. The number of piperazine rings is 1. The maximum Gasteiger partial charge on any atom is 0.416 e. The van der Waals surface area contributed by atoms with Crippen LogP contribution in [0, 0.1) is 0 Å². The third-order valence-corrected chi connectivity index (χ3v) is 6.71. The number of anilines is 3. The van der Waals surface area contributed by atoms with Crippen molar-refractivity contribution in [3.8, 4) is 11.3 Å². The SMILES string of the molecule is CN1CCN(Cc2ccc(NC(=O)Nc3nn(C)c4cc(-c5cnc(N)cn5)ccc34)cc2C(F)(F)F)CC1. The normalized spacial score (nSPS) is 15.0. The quantitative estimate of drug-likeness (QED) is 0.351. The number of carbonyl (C=O) groups excluding carboxylic acids is 1. The first-order valence-corrected chi connectivity index (χ1v) is 12.3. The Morgan fingerprint density at radius 3 is 2.46 bits per heavy atom. The molecule has 4 aromatic rings. The minimum Gasteiger partial charge on any atom is -0.382 e. The van der Waals surface area contributed by atoms with Crippen LogP contribution in [-0.4, -0.2) is 68.8 Å². The molecule has 4 N–H and O–H groups in total. The number of aryl methyl sites for hydroxylation is 1. The zero-order chi connectivity index (χ0) is 27.7. The summed E-state index contributed by atoms with van der Waals surface area (Å²) in [6, 6.07) is 8.61. The van der Waals surface area contributed by atoms with Gasteiger partial charge in [0.25, 0.3) is 0 Å². The number of nitrogens with one attached hydrogen (secondary N) is 2. The second-order valence-corrected chi connectivity index (χ2v) is 9.56. The number of amides is 2. The van der Waals surface area contributed by atoms with E-state index in [2.05, 4.69) is 30.6 Å².